The average molecular weight is 228 g/mol. The highest BCUT2D eigenvalue weighted by molar-refractivity contribution is 5.81. The molecule has 1 aromatic heterocycles. The average Bonchev–Trinajstić information content (AvgIpc) is 2.84. The van der Waals surface area contributed by atoms with Gasteiger partial charge in [0.1, 0.15) is 11.4 Å². The van der Waals surface area contributed by atoms with Crippen molar-refractivity contribution in [1.82, 2.24) is 4.57 Å². The third kappa shape index (κ3) is 1.22. The Balaban J connectivity index is 2.34. The molecule has 0 bridgehead atoms. The number of nitro groups is 1. The number of rotatable bonds is 2. The predicted octanol–water partition coefficient (Wildman–Crippen LogP) is 2.10. The number of benzene rings is 1. The highest BCUT2D eigenvalue weighted by Gasteiger charge is 2.32. The van der Waals surface area contributed by atoms with Crippen molar-refractivity contribution in [3.05, 3.63) is 57.3 Å². The summed E-state index contributed by atoms with van der Waals surface area (Å²) >= 11 is 0. The van der Waals surface area contributed by atoms with Crippen LogP contribution in [0.15, 0.2) is 30.3 Å². The maximum Gasteiger partial charge on any atom is 0.329 e. The zero-order valence-corrected chi connectivity index (χ0v) is 8.79. The van der Waals surface area contributed by atoms with Crippen LogP contribution in [0.4, 0.5) is 5.82 Å². The lowest BCUT2D eigenvalue weighted by Gasteiger charge is -1.99. The van der Waals surface area contributed by atoms with E-state index in [0.717, 1.165) is 11.3 Å². The van der Waals surface area contributed by atoms with Gasteiger partial charge < -0.3 is 10.1 Å². The van der Waals surface area contributed by atoms with Gasteiger partial charge in [-0.15, -0.1) is 0 Å². The third-order valence-electron chi connectivity index (χ3n) is 3.02. The molecule has 0 amide bonds. The Bertz CT molecular complexity index is 643. The maximum absolute atomic E-state index is 11.0. The highest BCUT2D eigenvalue weighted by Crippen LogP contribution is 2.35. The largest absolute Gasteiger partial charge is 0.358 e. The summed E-state index contributed by atoms with van der Waals surface area (Å²) in [5.74, 6) is -0.0490. The van der Waals surface area contributed by atoms with Gasteiger partial charge in [-0.2, -0.15) is 4.57 Å². The second-order valence-corrected chi connectivity index (χ2v) is 3.92. The number of para-hydroxylation sites is 1. The van der Waals surface area contributed by atoms with Crippen LogP contribution in [0.5, 0.6) is 0 Å². The summed E-state index contributed by atoms with van der Waals surface area (Å²) in [5.41, 5.74) is 2.90. The number of nitrogens with zero attached hydrogens (tertiary/aromatic N) is 2. The Morgan fingerprint density at radius 2 is 2.12 bits per heavy atom. The van der Waals surface area contributed by atoms with Crippen molar-refractivity contribution in [2.45, 2.75) is 6.42 Å². The van der Waals surface area contributed by atoms with Crippen molar-refractivity contribution in [1.29, 1.82) is 0 Å². The summed E-state index contributed by atoms with van der Waals surface area (Å²) in [7, 11) is 0. The molecule has 1 aliphatic rings. The molecule has 5 nitrogen and oxygen atoms in total. The zero-order chi connectivity index (χ0) is 12.0. The van der Waals surface area contributed by atoms with E-state index < -0.39 is 4.92 Å². The van der Waals surface area contributed by atoms with Crippen LogP contribution in [0, 0.1) is 10.1 Å². The fraction of sp³-hybridized carbons (Fsp3) is 0.0833. The monoisotopic (exact) mass is 228 g/mol. The number of aldehydes is 1. The van der Waals surface area contributed by atoms with Crippen LogP contribution in [0.3, 0.4) is 0 Å². The summed E-state index contributed by atoms with van der Waals surface area (Å²) in [6.45, 7) is 0. The Kier molecular flexibility index (Phi) is 1.89. The number of hydrogen-bond acceptors (Lipinski definition) is 3. The van der Waals surface area contributed by atoms with Crippen LogP contribution >= 0.6 is 0 Å². The van der Waals surface area contributed by atoms with E-state index in [-0.39, 0.29) is 5.82 Å². The van der Waals surface area contributed by atoms with Crippen molar-refractivity contribution in [2.24, 2.45) is 0 Å². The van der Waals surface area contributed by atoms with Crippen LogP contribution in [0.1, 0.15) is 21.6 Å². The maximum atomic E-state index is 11.0. The lowest BCUT2D eigenvalue weighted by molar-refractivity contribution is -0.390. The number of carbonyl (C=O) groups excluding carboxylic acids is 1. The first-order valence-corrected chi connectivity index (χ1v) is 5.15. The van der Waals surface area contributed by atoms with E-state index in [4.69, 9.17) is 0 Å². The van der Waals surface area contributed by atoms with E-state index in [1.54, 1.807) is 4.57 Å². The third-order valence-corrected chi connectivity index (χ3v) is 3.02. The normalized spacial score (nSPS) is 12.0. The first-order valence-electron chi connectivity index (χ1n) is 5.15. The van der Waals surface area contributed by atoms with Crippen molar-refractivity contribution in [2.75, 3.05) is 0 Å². The molecule has 2 aromatic rings. The van der Waals surface area contributed by atoms with Crippen LogP contribution < -0.4 is 0 Å². The van der Waals surface area contributed by atoms with E-state index >= 15 is 0 Å². The predicted molar refractivity (Wildman–Crippen MR) is 60.6 cm³/mol. The first-order chi connectivity index (χ1) is 8.22. The van der Waals surface area contributed by atoms with E-state index in [9.17, 15) is 14.9 Å². The van der Waals surface area contributed by atoms with E-state index in [0.29, 0.717) is 24.0 Å². The molecule has 1 aromatic carbocycles. The summed E-state index contributed by atoms with van der Waals surface area (Å²) in [6, 6.07) is 8.79. The lowest BCUT2D eigenvalue weighted by atomic mass is 10.1. The van der Waals surface area contributed by atoms with Gasteiger partial charge in [0, 0.05) is 18.1 Å². The molecule has 0 atom stereocenters. The van der Waals surface area contributed by atoms with E-state index in [1.165, 1.54) is 6.07 Å². The van der Waals surface area contributed by atoms with Crippen molar-refractivity contribution in [3.63, 3.8) is 0 Å². The minimum absolute atomic E-state index is 0.0490. The summed E-state index contributed by atoms with van der Waals surface area (Å²) in [5, 5.41) is 11.0. The molecule has 0 spiro atoms. The summed E-state index contributed by atoms with van der Waals surface area (Å²) in [4.78, 5) is 21.4. The molecule has 5 heteroatoms. The van der Waals surface area contributed by atoms with E-state index in [2.05, 4.69) is 0 Å². The second kappa shape index (κ2) is 3.28. The molecule has 0 unspecified atom stereocenters. The van der Waals surface area contributed by atoms with Gasteiger partial charge in [0.15, 0.2) is 6.29 Å². The Hall–Kier alpha value is -2.43. The molecule has 84 valence electrons. The topological polar surface area (TPSA) is 65.1 Å². The smallest absolute Gasteiger partial charge is 0.329 e. The molecule has 17 heavy (non-hydrogen) atoms. The van der Waals surface area contributed by atoms with Gasteiger partial charge in [0.2, 0.25) is 0 Å². The molecular formula is C12H8N2O3. The minimum Gasteiger partial charge on any atom is -0.358 e. The standard InChI is InChI=1S/C12H8N2O3/c15-7-9-6-12(14(16)17)13-10-4-2-1-3-8(10)5-11(9)13/h1-4,6-7H,5H2. The van der Waals surface area contributed by atoms with E-state index in [1.807, 2.05) is 24.3 Å². The van der Waals surface area contributed by atoms with Crippen molar-refractivity contribution < 1.29 is 9.72 Å². The zero-order valence-electron chi connectivity index (χ0n) is 8.79. The Morgan fingerprint density at radius 1 is 1.35 bits per heavy atom. The molecule has 0 radical (unpaired) electrons. The quantitative estimate of drug-likeness (QED) is 0.383. The Morgan fingerprint density at radius 3 is 2.82 bits per heavy atom. The number of hydrogen-bond donors (Lipinski definition) is 0. The molecule has 2 heterocycles. The molecule has 3 rings (SSSR count). The molecule has 0 saturated heterocycles. The number of fused-ring (bicyclic) bond motifs is 3. The Labute approximate surface area is 96.4 Å². The van der Waals surface area contributed by atoms with Crippen LogP contribution in [0.2, 0.25) is 0 Å². The fourth-order valence-electron chi connectivity index (χ4n) is 2.30. The SMILES string of the molecule is O=Cc1cc([N+](=O)[O-])n2c1Cc1ccccc1-2. The van der Waals surface area contributed by atoms with Gasteiger partial charge >= 0.3 is 5.82 Å². The molecular weight excluding hydrogens is 220 g/mol. The summed E-state index contributed by atoms with van der Waals surface area (Å²) < 4.78 is 1.55. The molecule has 0 saturated carbocycles. The molecule has 1 aliphatic heterocycles. The number of aromatic nitrogens is 1. The molecule has 0 aliphatic carbocycles. The van der Waals surface area contributed by atoms with Gasteiger partial charge in [-0.1, -0.05) is 18.2 Å². The van der Waals surface area contributed by atoms with Gasteiger partial charge in [-0.3, -0.25) is 4.79 Å². The fourth-order valence-corrected chi connectivity index (χ4v) is 2.30. The van der Waals surface area contributed by atoms with Crippen LogP contribution in [0.25, 0.3) is 5.69 Å². The molecule has 0 N–H and O–H groups in total. The van der Waals surface area contributed by atoms with Gasteiger partial charge in [0.25, 0.3) is 0 Å². The highest BCUT2D eigenvalue weighted by atomic mass is 16.6. The van der Waals surface area contributed by atoms with Gasteiger partial charge in [0.05, 0.1) is 5.56 Å². The number of carbonyl (C=O) groups is 1. The van der Waals surface area contributed by atoms with Crippen LogP contribution in [-0.2, 0) is 6.42 Å². The molecule has 0 fully saturated rings. The first kappa shape index (κ1) is 9.77. The minimum atomic E-state index is -0.460. The van der Waals surface area contributed by atoms with Crippen molar-refractivity contribution >= 4 is 12.1 Å². The summed E-state index contributed by atoms with van der Waals surface area (Å²) in [6.07, 6.45) is 1.24. The lowest BCUT2D eigenvalue weighted by Crippen LogP contribution is -1.99. The van der Waals surface area contributed by atoms with Crippen molar-refractivity contribution in [3.8, 4) is 5.69 Å². The van der Waals surface area contributed by atoms with Crippen LogP contribution in [-0.4, -0.2) is 15.8 Å². The second-order valence-electron chi connectivity index (χ2n) is 3.92. The van der Waals surface area contributed by atoms with Gasteiger partial charge in [-0.05, 0) is 11.0 Å². The van der Waals surface area contributed by atoms with Gasteiger partial charge in [-0.25, -0.2) is 0 Å².